The highest BCUT2D eigenvalue weighted by molar-refractivity contribution is 5.96. The average molecular weight is 450 g/mol. The van der Waals surface area contributed by atoms with Crippen LogP contribution in [0, 0.1) is 0 Å². The third-order valence-corrected chi connectivity index (χ3v) is 6.43. The molecule has 3 N–H and O–H groups in total. The fourth-order valence-electron chi connectivity index (χ4n) is 4.69. The highest BCUT2D eigenvalue weighted by Crippen LogP contribution is 2.32. The number of aromatic nitrogens is 5. The number of hydrogen-bond donors (Lipinski definition) is 3. The van der Waals surface area contributed by atoms with Crippen LogP contribution in [0.4, 0.5) is 11.8 Å². The molecule has 2 aliphatic heterocycles. The molecule has 6 rings (SSSR count). The molecule has 33 heavy (non-hydrogen) atoms. The number of nitrogens with one attached hydrogen (secondary N) is 2. The van der Waals surface area contributed by atoms with E-state index in [0.717, 1.165) is 40.2 Å². The Hall–Kier alpha value is -3.21. The van der Waals surface area contributed by atoms with E-state index in [9.17, 15) is 5.11 Å². The van der Waals surface area contributed by atoms with Crippen LogP contribution in [0.1, 0.15) is 6.92 Å². The second kappa shape index (κ2) is 8.29. The van der Waals surface area contributed by atoms with Crippen molar-refractivity contribution in [3.05, 3.63) is 30.5 Å². The molecule has 172 valence electrons. The van der Waals surface area contributed by atoms with Crippen molar-refractivity contribution in [1.29, 1.82) is 0 Å². The summed E-state index contributed by atoms with van der Waals surface area (Å²) in [5.41, 5.74) is 3.52. The maximum Gasteiger partial charge on any atom is 0.229 e. The number of imidazole rings is 1. The van der Waals surface area contributed by atoms with Gasteiger partial charge in [0.2, 0.25) is 5.95 Å². The lowest BCUT2D eigenvalue weighted by Crippen LogP contribution is -2.46. The zero-order valence-electron chi connectivity index (χ0n) is 18.5. The Morgan fingerprint density at radius 2 is 2.09 bits per heavy atom. The minimum atomic E-state index is -0.243. The third kappa shape index (κ3) is 3.60. The zero-order chi connectivity index (χ0) is 22.4. The Bertz CT molecular complexity index is 1290. The lowest BCUT2D eigenvalue weighted by atomic mass is 10.1. The topological polar surface area (TPSA) is 115 Å². The first-order chi connectivity index (χ1) is 16.2. The summed E-state index contributed by atoms with van der Waals surface area (Å²) in [5, 5.41) is 10.7. The maximum atomic E-state index is 9.59. The predicted molar refractivity (Wildman–Crippen MR) is 126 cm³/mol. The van der Waals surface area contributed by atoms with Crippen LogP contribution in [0.3, 0.4) is 0 Å². The van der Waals surface area contributed by atoms with Gasteiger partial charge in [-0.3, -0.25) is 0 Å². The van der Waals surface area contributed by atoms with Gasteiger partial charge < -0.3 is 34.3 Å². The SMILES string of the molecule is C[C@@H]1COCCN1c1nc(N2CCO[C@@H](CO)C2)nc2[nH]c(-c3cccc4[nH]ccc34)nc12. The van der Waals surface area contributed by atoms with Crippen LogP contribution in [0.15, 0.2) is 30.5 Å². The molecule has 2 fully saturated rings. The summed E-state index contributed by atoms with van der Waals surface area (Å²) in [6.45, 7) is 5.89. The summed E-state index contributed by atoms with van der Waals surface area (Å²) in [4.78, 5) is 25.9. The standard InChI is InChI=1S/C23H27N7O3/c1-14-13-32-9-8-30(14)22-19-21(27-23(28-22)29-7-10-33-15(11-29)12-31)26-20(25-19)17-3-2-4-18-16(17)5-6-24-18/h2-6,14-15,24,31H,7-13H2,1H3,(H,25,26,27,28)/t14-,15-/m1/s1. The normalized spacial score (nSPS) is 21.9. The van der Waals surface area contributed by atoms with Gasteiger partial charge in [-0.2, -0.15) is 9.97 Å². The van der Waals surface area contributed by atoms with Crippen LogP contribution in [0.25, 0.3) is 33.5 Å². The average Bonchev–Trinajstić information content (AvgIpc) is 3.51. The second-order valence-electron chi connectivity index (χ2n) is 8.61. The molecule has 2 atom stereocenters. The van der Waals surface area contributed by atoms with Gasteiger partial charge in [0.15, 0.2) is 17.0 Å². The van der Waals surface area contributed by atoms with E-state index in [-0.39, 0.29) is 18.8 Å². The van der Waals surface area contributed by atoms with E-state index >= 15 is 0 Å². The van der Waals surface area contributed by atoms with E-state index in [0.29, 0.717) is 44.5 Å². The first-order valence-electron chi connectivity index (χ1n) is 11.4. The van der Waals surface area contributed by atoms with Crippen molar-refractivity contribution in [1.82, 2.24) is 24.9 Å². The number of benzene rings is 1. The Morgan fingerprint density at radius 1 is 1.15 bits per heavy atom. The number of aromatic amines is 2. The molecule has 1 aromatic carbocycles. The van der Waals surface area contributed by atoms with Crippen LogP contribution >= 0.6 is 0 Å². The Morgan fingerprint density at radius 3 is 2.97 bits per heavy atom. The fourth-order valence-corrected chi connectivity index (χ4v) is 4.69. The van der Waals surface area contributed by atoms with Crippen LogP contribution in [-0.2, 0) is 9.47 Å². The van der Waals surface area contributed by atoms with Gasteiger partial charge in [-0.15, -0.1) is 0 Å². The van der Waals surface area contributed by atoms with Gasteiger partial charge >= 0.3 is 0 Å². The number of H-pyrrole nitrogens is 2. The quantitative estimate of drug-likeness (QED) is 0.433. The summed E-state index contributed by atoms with van der Waals surface area (Å²) in [6.07, 6.45) is 1.69. The van der Waals surface area contributed by atoms with E-state index in [4.69, 9.17) is 24.4 Å². The number of fused-ring (bicyclic) bond motifs is 2. The molecule has 4 aromatic rings. The van der Waals surface area contributed by atoms with Crippen LogP contribution in [0.2, 0.25) is 0 Å². The number of nitrogens with zero attached hydrogens (tertiary/aromatic N) is 5. The summed E-state index contributed by atoms with van der Waals surface area (Å²) >= 11 is 0. The molecular formula is C23H27N7O3. The Labute approximate surface area is 190 Å². The molecule has 0 saturated carbocycles. The number of hydrogen-bond acceptors (Lipinski definition) is 8. The number of aliphatic hydroxyl groups excluding tert-OH is 1. The molecule has 3 aromatic heterocycles. The predicted octanol–water partition coefficient (Wildman–Crippen LogP) is 1.92. The first-order valence-corrected chi connectivity index (χ1v) is 11.4. The molecule has 2 saturated heterocycles. The summed E-state index contributed by atoms with van der Waals surface area (Å²) in [5.74, 6) is 2.19. The molecular weight excluding hydrogens is 422 g/mol. The number of morpholine rings is 2. The molecule has 10 nitrogen and oxygen atoms in total. The van der Waals surface area contributed by atoms with Crippen LogP contribution in [0.5, 0.6) is 0 Å². The molecule has 0 amide bonds. The monoisotopic (exact) mass is 449 g/mol. The van der Waals surface area contributed by atoms with Crippen molar-refractivity contribution < 1.29 is 14.6 Å². The third-order valence-electron chi connectivity index (χ3n) is 6.43. The number of rotatable bonds is 4. The zero-order valence-corrected chi connectivity index (χ0v) is 18.5. The molecule has 10 heteroatoms. The molecule has 0 spiro atoms. The van der Waals surface area contributed by atoms with Gasteiger partial charge in [0.25, 0.3) is 0 Å². The summed E-state index contributed by atoms with van der Waals surface area (Å²) < 4.78 is 11.3. The summed E-state index contributed by atoms with van der Waals surface area (Å²) in [7, 11) is 0. The van der Waals surface area contributed by atoms with Gasteiger partial charge in [0.1, 0.15) is 5.82 Å². The Kier molecular flexibility index (Phi) is 5.12. The van der Waals surface area contributed by atoms with Crippen molar-refractivity contribution in [3.8, 4) is 11.4 Å². The smallest absolute Gasteiger partial charge is 0.229 e. The van der Waals surface area contributed by atoms with Gasteiger partial charge in [-0.1, -0.05) is 12.1 Å². The van der Waals surface area contributed by atoms with Gasteiger partial charge in [0.05, 0.1) is 38.6 Å². The summed E-state index contributed by atoms with van der Waals surface area (Å²) in [6, 6.07) is 8.37. The number of ether oxygens (including phenoxy) is 2. The molecule has 0 aliphatic carbocycles. The maximum absolute atomic E-state index is 9.59. The van der Waals surface area contributed by atoms with Gasteiger partial charge in [-0.25, -0.2) is 4.98 Å². The highest BCUT2D eigenvalue weighted by Gasteiger charge is 2.28. The first kappa shape index (κ1) is 20.4. The van der Waals surface area contributed by atoms with E-state index < -0.39 is 0 Å². The van der Waals surface area contributed by atoms with Crippen molar-refractivity contribution in [3.63, 3.8) is 0 Å². The molecule has 0 unspecified atom stereocenters. The molecule has 5 heterocycles. The number of anilines is 2. The lowest BCUT2D eigenvalue weighted by Gasteiger charge is -2.36. The van der Waals surface area contributed by atoms with Gasteiger partial charge in [0, 0.05) is 42.3 Å². The van der Waals surface area contributed by atoms with Crippen LogP contribution < -0.4 is 9.80 Å². The fraction of sp³-hybridized carbons (Fsp3) is 0.435. The molecule has 2 aliphatic rings. The van der Waals surface area contributed by atoms with Crippen molar-refractivity contribution in [2.75, 3.05) is 55.9 Å². The lowest BCUT2D eigenvalue weighted by molar-refractivity contribution is 0.00315. The van der Waals surface area contributed by atoms with Crippen molar-refractivity contribution in [2.24, 2.45) is 0 Å². The van der Waals surface area contributed by atoms with Crippen molar-refractivity contribution >= 4 is 33.8 Å². The molecule has 0 bridgehead atoms. The minimum absolute atomic E-state index is 0.0268. The van der Waals surface area contributed by atoms with Crippen LogP contribution in [-0.4, -0.2) is 88.2 Å². The van der Waals surface area contributed by atoms with E-state index in [1.54, 1.807) is 0 Å². The van der Waals surface area contributed by atoms with E-state index in [1.807, 2.05) is 12.3 Å². The minimum Gasteiger partial charge on any atom is -0.394 e. The van der Waals surface area contributed by atoms with Gasteiger partial charge in [-0.05, 0) is 19.1 Å². The highest BCUT2D eigenvalue weighted by atomic mass is 16.5. The van der Waals surface area contributed by atoms with E-state index in [2.05, 4.69) is 44.9 Å². The van der Waals surface area contributed by atoms with Crippen molar-refractivity contribution in [2.45, 2.75) is 19.1 Å². The molecule has 0 radical (unpaired) electrons. The van der Waals surface area contributed by atoms with E-state index in [1.165, 1.54) is 0 Å². The number of aliphatic hydroxyl groups is 1. The second-order valence-corrected chi connectivity index (χ2v) is 8.61. The Balaban J connectivity index is 1.50. The largest absolute Gasteiger partial charge is 0.394 e.